The van der Waals surface area contributed by atoms with Crippen molar-refractivity contribution in [3.63, 3.8) is 0 Å². The number of fused-ring (bicyclic) bond motifs is 1. The molecular weight excluding hydrogens is 232 g/mol. The van der Waals surface area contributed by atoms with Crippen molar-refractivity contribution >= 4 is 11.3 Å². The topological polar surface area (TPSA) is 52.0 Å². The van der Waals surface area contributed by atoms with Gasteiger partial charge in [-0.2, -0.15) is 0 Å². The van der Waals surface area contributed by atoms with E-state index in [0.717, 1.165) is 23.4 Å². The molecule has 0 saturated heterocycles. The Morgan fingerprint density at radius 3 is 3.06 bits per heavy atom. The molecule has 0 saturated carbocycles. The van der Waals surface area contributed by atoms with Crippen LogP contribution in [0.1, 0.15) is 36.9 Å². The summed E-state index contributed by atoms with van der Waals surface area (Å²) in [6.45, 7) is 4.51. The van der Waals surface area contributed by atoms with Crippen LogP contribution in [0.2, 0.25) is 0 Å². The molecule has 1 unspecified atom stereocenters. The third-order valence-electron chi connectivity index (χ3n) is 3.25. The molecule has 2 aromatic heterocycles. The van der Waals surface area contributed by atoms with Gasteiger partial charge in [-0.15, -0.1) is 11.3 Å². The van der Waals surface area contributed by atoms with Crippen LogP contribution in [0.5, 0.6) is 0 Å². The van der Waals surface area contributed by atoms with E-state index in [1.54, 1.807) is 23.9 Å². The molecule has 1 aliphatic carbocycles. The minimum absolute atomic E-state index is 0.131. The van der Waals surface area contributed by atoms with Crippen LogP contribution in [0.4, 0.5) is 0 Å². The molecule has 0 fully saturated rings. The molecule has 1 atom stereocenters. The highest BCUT2D eigenvalue weighted by Crippen LogP contribution is 2.43. The van der Waals surface area contributed by atoms with Crippen molar-refractivity contribution in [2.24, 2.45) is 11.1 Å². The minimum Gasteiger partial charge on any atom is -0.472 e. The molecule has 90 valence electrons. The van der Waals surface area contributed by atoms with E-state index in [1.165, 1.54) is 10.6 Å². The van der Waals surface area contributed by atoms with Gasteiger partial charge in [0, 0.05) is 16.5 Å². The van der Waals surface area contributed by atoms with Gasteiger partial charge in [0.05, 0.1) is 12.0 Å². The Labute approximate surface area is 105 Å². The van der Waals surface area contributed by atoms with Crippen LogP contribution in [0.15, 0.2) is 23.0 Å². The number of furan rings is 1. The average molecular weight is 248 g/mol. The zero-order valence-corrected chi connectivity index (χ0v) is 10.9. The lowest BCUT2D eigenvalue weighted by Gasteiger charge is -2.32. The number of hydrogen-bond acceptors (Lipinski definition) is 4. The highest BCUT2D eigenvalue weighted by atomic mass is 32.1. The zero-order valence-electron chi connectivity index (χ0n) is 10.1. The molecule has 0 spiro atoms. The Hall–Kier alpha value is -1.13. The van der Waals surface area contributed by atoms with Gasteiger partial charge in [-0.1, -0.05) is 13.8 Å². The summed E-state index contributed by atoms with van der Waals surface area (Å²) in [6, 6.07) is 2.08. The quantitative estimate of drug-likeness (QED) is 0.841. The Morgan fingerprint density at radius 1 is 1.53 bits per heavy atom. The first-order chi connectivity index (χ1) is 8.05. The molecule has 2 heterocycles. The third-order valence-corrected chi connectivity index (χ3v) is 4.53. The zero-order chi connectivity index (χ0) is 12.0. The molecule has 17 heavy (non-hydrogen) atoms. The third kappa shape index (κ3) is 1.91. The molecular formula is C13H16N2OS. The lowest BCUT2D eigenvalue weighted by molar-refractivity contribution is 0.282. The van der Waals surface area contributed by atoms with E-state index in [9.17, 15) is 0 Å². The molecule has 0 amide bonds. The standard InChI is InChI=1S/C13H16N2OS/c1-13(2)5-9(14)11-10(6-13)15-12(17-11)8-3-4-16-7-8/h3-4,7,9H,5-6,14H2,1-2H3. The van der Waals surface area contributed by atoms with Gasteiger partial charge in [0.1, 0.15) is 11.3 Å². The number of thiazole rings is 1. The molecule has 3 rings (SSSR count). The summed E-state index contributed by atoms with van der Waals surface area (Å²) in [4.78, 5) is 5.97. The molecule has 2 aromatic rings. The van der Waals surface area contributed by atoms with Gasteiger partial charge < -0.3 is 10.2 Å². The van der Waals surface area contributed by atoms with E-state index in [2.05, 4.69) is 13.8 Å². The minimum atomic E-state index is 0.131. The summed E-state index contributed by atoms with van der Waals surface area (Å²) in [5.41, 5.74) is 8.72. The van der Waals surface area contributed by atoms with Gasteiger partial charge in [0.2, 0.25) is 0 Å². The molecule has 0 aliphatic heterocycles. The van der Waals surface area contributed by atoms with Crippen LogP contribution in [-0.2, 0) is 6.42 Å². The highest BCUT2D eigenvalue weighted by Gasteiger charge is 2.33. The summed E-state index contributed by atoms with van der Waals surface area (Å²) < 4.78 is 5.10. The second kappa shape index (κ2) is 3.68. The normalized spacial score (nSPS) is 22.4. The van der Waals surface area contributed by atoms with E-state index < -0.39 is 0 Å². The van der Waals surface area contributed by atoms with Crippen molar-refractivity contribution in [1.29, 1.82) is 0 Å². The molecule has 0 bridgehead atoms. The fraction of sp³-hybridized carbons (Fsp3) is 0.462. The summed E-state index contributed by atoms with van der Waals surface area (Å²) in [5, 5.41) is 1.02. The maximum absolute atomic E-state index is 6.24. The van der Waals surface area contributed by atoms with Gasteiger partial charge in [0.15, 0.2) is 0 Å². The van der Waals surface area contributed by atoms with Crippen molar-refractivity contribution in [3.8, 4) is 10.6 Å². The first-order valence-corrected chi connectivity index (χ1v) is 6.64. The molecule has 2 N–H and O–H groups in total. The molecule has 3 nitrogen and oxygen atoms in total. The van der Waals surface area contributed by atoms with Crippen molar-refractivity contribution in [2.45, 2.75) is 32.7 Å². The fourth-order valence-corrected chi connectivity index (χ4v) is 3.57. The molecule has 1 aliphatic rings. The van der Waals surface area contributed by atoms with E-state index in [4.69, 9.17) is 15.1 Å². The first kappa shape index (κ1) is 11.0. The van der Waals surface area contributed by atoms with Crippen LogP contribution in [0, 0.1) is 5.41 Å². The van der Waals surface area contributed by atoms with Crippen LogP contribution in [0.3, 0.4) is 0 Å². The average Bonchev–Trinajstić information content (AvgIpc) is 2.81. The fourth-order valence-electron chi connectivity index (χ4n) is 2.50. The monoisotopic (exact) mass is 248 g/mol. The van der Waals surface area contributed by atoms with Crippen molar-refractivity contribution in [2.75, 3.05) is 0 Å². The smallest absolute Gasteiger partial charge is 0.127 e. The maximum Gasteiger partial charge on any atom is 0.127 e. The summed E-state index contributed by atoms with van der Waals surface area (Å²) in [7, 11) is 0. The van der Waals surface area contributed by atoms with Gasteiger partial charge in [-0.05, 0) is 24.3 Å². The van der Waals surface area contributed by atoms with E-state index in [0.29, 0.717) is 0 Å². The predicted octanol–water partition coefficient (Wildman–Crippen LogP) is 3.38. The molecule has 0 radical (unpaired) electrons. The summed E-state index contributed by atoms with van der Waals surface area (Å²) in [6.07, 6.45) is 5.47. The number of aromatic nitrogens is 1. The van der Waals surface area contributed by atoms with Gasteiger partial charge in [-0.25, -0.2) is 4.98 Å². The SMILES string of the molecule is CC1(C)Cc2nc(-c3ccoc3)sc2C(N)C1. The number of nitrogens with two attached hydrogens (primary N) is 1. The van der Waals surface area contributed by atoms with Crippen LogP contribution in [-0.4, -0.2) is 4.98 Å². The van der Waals surface area contributed by atoms with Crippen LogP contribution >= 0.6 is 11.3 Å². The Bertz CT molecular complexity index is 528. The number of nitrogens with zero attached hydrogens (tertiary/aromatic N) is 1. The second-order valence-electron chi connectivity index (χ2n) is 5.49. The Morgan fingerprint density at radius 2 is 2.35 bits per heavy atom. The molecule has 4 heteroatoms. The van der Waals surface area contributed by atoms with Gasteiger partial charge in [0.25, 0.3) is 0 Å². The summed E-state index contributed by atoms with van der Waals surface area (Å²) in [5.74, 6) is 0. The number of hydrogen-bond donors (Lipinski definition) is 1. The van der Waals surface area contributed by atoms with Crippen LogP contribution in [0.25, 0.3) is 10.6 Å². The summed E-state index contributed by atoms with van der Waals surface area (Å²) >= 11 is 1.71. The first-order valence-electron chi connectivity index (χ1n) is 5.83. The Balaban J connectivity index is 2.04. The lowest BCUT2D eigenvalue weighted by atomic mass is 9.77. The lowest BCUT2D eigenvalue weighted by Crippen LogP contribution is -2.28. The number of rotatable bonds is 1. The van der Waals surface area contributed by atoms with E-state index >= 15 is 0 Å². The highest BCUT2D eigenvalue weighted by molar-refractivity contribution is 7.15. The maximum atomic E-state index is 6.24. The van der Waals surface area contributed by atoms with Crippen molar-refractivity contribution in [3.05, 3.63) is 29.2 Å². The van der Waals surface area contributed by atoms with Crippen LogP contribution < -0.4 is 5.73 Å². The second-order valence-corrected chi connectivity index (χ2v) is 6.52. The predicted molar refractivity (Wildman–Crippen MR) is 68.8 cm³/mol. The van der Waals surface area contributed by atoms with Gasteiger partial charge >= 0.3 is 0 Å². The molecule has 0 aromatic carbocycles. The largest absolute Gasteiger partial charge is 0.472 e. The van der Waals surface area contributed by atoms with E-state index in [1.807, 2.05) is 6.07 Å². The van der Waals surface area contributed by atoms with Crippen molar-refractivity contribution in [1.82, 2.24) is 4.98 Å². The van der Waals surface area contributed by atoms with E-state index in [-0.39, 0.29) is 11.5 Å². The van der Waals surface area contributed by atoms with Gasteiger partial charge in [-0.3, -0.25) is 0 Å². The van der Waals surface area contributed by atoms with Crippen molar-refractivity contribution < 1.29 is 4.42 Å². The Kier molecular flexibility index (Phi) is 2.38.